The molecule has 3 saturated carbocycles. The molecule has 0 spiro atoms. The smallest absolute Gasteiger partial charge is 0.184 e. The second kappa shape index (κ2) is 8.04. The topological polar surface area (TPSA) is 38.7 Å². The van der Waals surface area contributed by atoms with Crippen LogP contribution in [0.3, 0.4) is 0 Å². The summed E-state index contributed by atoms with van der Waals surface area (Å²) in [5.74, 6) is 2.19. The maximum Gasteiger partial charge on any atom is 0.184 e. The molecule has 4 aliphatic carbocycles. The molecule has 184 valence electrons. The van der Waals surface area contributed by atoms with E-state index < -0.39 is 16.6 Å². The lowest BCUT2D eigenvalue weighted by molar-refractivity contribution is -0.117. The number of hydrogen-bond donors (Lipinski definition) is 1. The Morgan fingerprint density at radius 1 is 0.875 bits per heavy atom. The zero-order valence-corrected chi connectivity index (χ0v) is 24.4. The lowest BCUT2D eigenvalue weighted by atomic mass is 9.45. The quantitative estimate of drug-likeness (QED) is 0.337. The molecule has 0 radical (unpaired) electrons. The highest BCUT2D eigenvalue weighted by Gasteiger charge is 2.64. The van der Waals surface area contributed by atoms with Crippen LogP contribution in [0.5, 0.6) is 0 Å². The van der Waals surface area contributed by atoms with Gasteiger partial charge in [0.05, 0.1) is 11.7 Å². The average Bonchev–Trinajstić information content (AvgIpc) is 2.90. The van der Waals surface area contributed by atoms with Crippen molar-refractivity contribution in [3.8, 4) is 0 Å². The number of fused-ring (bicyclic) bond motifs is 5. The van der Waals surface area contributed by atoms with Gasteiger partial charge in [0.25, 0.3) is 0 Å². The molecule has 0 bridgehead atoms. The Morgan fingerprint density at radius 3 is 2.16 bits per heavy atom. The van der Waals surface area contributed by atoms with Gasteiger partial charge in [-0.1, -0.05) is 18.1 Å². The standard InChI is InChI=1S/C27H50O3Si2/c1-19-16-21-22-12-14-26(3,30-32(7,8)9)25(22,2)13-11-23(21)27(18-29-31(4,5)6)15-10-20(28)17-24(19)27/h20-23,28H,10-18H2,1-9H3/t20-,21-,22-,23-,25-,26-,27-/m0/s1. The molecule has 3 nitrogen and oxygen atoms in total. The Balaban J connectivity index is 1.71. The van der Waals surface area contributed by atoms with Crippen molar-refractivity contribution in [3.05, 3.63) is 11.1 Å². The number of aliphatic hydroxyl groups is 1. The molecule has 0 amide bonds. The van der Waals surface area contributed by atoms with Crippen LogP contribution in [0.25, 0.3) is 0 Å². The Morgan fingerprint density at radius 2 is 1.53 bits per heavy atom. The SMILES string of the molecule is CC1=C2C[C@@H](O)CC[C@]2(CO[Si](C)(C)C)[C@H]2CC[C@@]3(C)[C@@H](CC[C@]3(C)O[Si](C)(C)C)[C@@H]2C1. The molecule has 0 aromatic rings. The van der Waals surface area contributed by atoms with Gasteiger partial charge in [-0.3, -0.25) is 0 Å². The molecule has 0 saturated heterocycles. The van der Waals surface area contributed by atoms with Gasteiger partial charge in [-0.15, -0.1) is 0 Å². The normalized spacial score (nSPS) is 44.8. The van der Waals surface area contributed by atoms with E-state index in [0.717, 1.165) is 37.7 Å². The van der Waals surface area contributed by atoms with Gasteiger partial charge >= 0.3 is 0 Å². The van der Waals surface area contributed by atoms with E-state index in [4.69, 9.17) is 8.85 Å². The summed E-state index contributed by atoms with van der Waals surface area (Å²) in [5.41, 5.74) is 3.62. The molecule has 0 heterocycles. The van der Waals surface area contributed by atoms with Crippen molar-refractivity contribution in [2.24, 2.45) is 28.6 Å². The summed E-state index contributed by atoms with van der Waals surface area (Å²) in [7, 11) is -3.22. The molecule has 0 unspecified atom stereocenters. The molecular weight excluding hydrogens is 428 g/mol. The number of aliphatic hydroxyl groups excluding tert-OH is 1. The van der Waals surface area contributed by atoms with Crippen LogP contribution >= 0.6 is 0 Å². The first kappa shape index (κ1) is 25.2. The van der Waals surface area contributed by atoms with Gasteiger partial charge in [0, 0.05) is 12.0 Å². The second-order valence-electron chi connectivity index (χ2n) is 14.2. The predicted molar refractivity (Wildman–Crippen MR) is 139 cm³/mol. The van der Waals surface area contributed by atoms with Gasteiger partial charge < -0.3 is 14.0 Å². The first-order valence-corrected chi connectivity index (χ1v) is 20.1. The van der Waals surface area contributed by atoms with Crippen molar-refractivity contribution in [2.75, 3.05) is 6.61 Å². The third-order valence-electron chi connectivity index (χ3n) is 9.99. The van der Waals surface area contributed by atoms with Crippen LogP contribution in [0.4, 0.5) is 0 Å². The summed E-state index contributed by atoms with van der Waals surface area (Å²) >= 11 is 0. The van der Waals surface area contributed by atoms with E-state index >= 15 is 0 Å². The Hall–Kier alpha value is 0.0538. The molecule has 0 aliphatic heterocycles. The summed E-state index contributed by atoms with van der Waals surface area (Å²) < 4.78 is 13.7. The van der Waals surface area contributed by atoms with Crippen LogP contribution in [0.1, 0.15) is 72.1 Å². The van der Waals surface area contributed by atoms with E-state index in [1.807, 2.05) is 0 Å². The third-order valence-corrected chi connectivity index (χ3v) is 12.1. The van der Waals surface area contributed by atoms with Crippen LogP contribution in [0.2, 0.25) is 39.3 Å². The Bertz CT molecular complexity index is 766. The number of rotatable bonds is 5. The predicted octanol–water partition coefficient (Wildman–Crippen LogP) is 7.14. The fourth-order valence-electron chi connectivity index (χ4n) is 8.54. The first-order valence-electron chi connectivity index (χ1n) is 13.3. The highest BCUT2D eigenvalue weighted by atomic mass is 28.4. The van der Waals surface area contributed by atoms with Gasteiger partial charge in [-0.05, 0) is 128 Å². The summed E-state index contributed by atoms with van der Waals surface area (Å²) in [4.78, 5) is 0. The van der Waals surface area contributed by atoms with Gasteiger partial charge in [0.1, 0.15) is 0 Å². The highest BCUT2D eigenvalue weighted by molar-refractivity contribution is 6.70. The molecular formula is C27H50O3Si2. The molecule has 1 N–H and O–H groups in total. The monoisotopic (exact) mass is 478 g/mol. The van der Waals surface area contributed by atoms with Crippen molar-refractivity contribution in [2.45, 2.75) is 123 Å². The lowest BCUT2D eigenvalue weighted by Crippen LogP contribution is -2.58. The molecule has 0 aromatic heterocycles. The zero-order chi connectivity index (χ0) is 23.7. The largest absolute Gasteiger partial charge is 0.417 e. The Labute approximate surface area is 200 Å². The molecule has 5 heteroatoms. The summed E-state index contributed by atoms with van der Waals surface area (Å²) in [6.45, 7) is 22.3. The van der Waals surface area contributed by atoms with Crippen molar-refractivity contribution in [3.63, 3.8) is 0 Å². The van der Waals surface area contributed by atoms with Gasteiger partial charge in [-0.2, -0.15) is 0 Å². The Kier molecular flexibility index (Phi) is 6.32. The minimum Gasteiger partial charge on any atom is -0.417 e. The van der Waals surface area contributed by atoms with E-state index in [1.54, 1.807) is 11.1 Å². The van der Waals surface area contributed by atoms with Crippen LogP contribution in [-0.2, 0) is 8.85 Å². The van der Waals surface area contributed by atoms with Crippen LogP contribution < -0.4 is 0 Å². The minimum atomic E-state index is -1.61. The van der Waals surface area contributed by atoms with E-state index in [2.05, 4.69) is 60.1 Å². The van der Waals surface area contributed by atoms with E-state index in [9.17, 15) is 5.11 Å². The van der Waals surface area contributed by atoms with Crippen LogP contribution in [-0.4, -0.2) is 40.1 Å². The lowest BCUT2D eigenvalue weighted by Gasteiger charge is -2.61. The number of allylic oxidation sites excluding steroid dienone is 1. The molecule has 0 aromatic carbocycles. The second-order valence-corrected chi connectivity index (χ2v) is 23.2. The van der Waals surface area contributed by atoms with Crippen molar-refractivity contribution in [1.29, 1.82) is 0 Å². The van der Waals surface area contributed by atoms with E-state index in [1.165, 1.54) is 32.1 Å². The molecule has 32 heavy (non-hydrogen) atoms. The van der Waals surface area contributed by atoms with Crippen molar-refractivity contribution >= 4 is 16.6 Å². The van der Waals surface area contributed by atoms with E-state index in [-0.39, 0.29) is 22.5 Å². The van der Waals surface area contributed by atoms with Crippen molar-refractivity contribution in [1.82, 2.24) is 0 Å². The third kappa shape index (κ3) is 4.16. The van der Waals surface area contributed by atoms with Crippen LogP contribution in [0, 0.1) is 28.6 Å². The van der Waals surface area contributed by atoms with Gasteiger partial charge in [0.2, 0.25) is 0 Å². The molecule has 7 atom stereocenters. The molecule has 4 rings (SSSR count). The average molecular weight is 479 g/mol. The van der Waals surface area contributed by atoms with Crippen molar-refractivity contribution < 1.29 is 14.0 Å². The maximum absolute atomic E-state index is 10.6. The summed E-state index contributed by atoms with van der Waals surface area (Å²) in [5, 5.41) is 10.6. The minimum absolute atomic E-state index is 0.0236. The zero-order valence-electron chi connectivity index (χ0n) is 22.4. The highest BCUT2D eigenvalue weighted by Crippen LogP contribution is 2.69. The molecule has 3 fully saturated rings. The van der Waals surface area contributed by atoms with E-state index in [0.29, 0.717) is 5.92 Å². The molecule has 4 aliphatic rings. The number of hydrogen-bond acceptors (Lipinski definition) is 3. The maximum atomic E-state index is 10.6. The fourth-order valence-corrected chi connectivity index (χ4v) is 10.9. The summed E-state index contributed by atoms with van der Waals surface area (Å²) in [6, 6.07) is 0. The van der Waals surface area contributed by atoms with Gasteiger partial charge in [-0.25, -0.2) is 0 Å². The van der Waals surface area contributed by atoms with Crippen LogP contribution in [0.15, 0.2) is 11.1 Å². The fraction of sp³-hybridized carbons (Fsp3) is 0.926. The summed E-state index contributed by atoms with van der Waals surface area (Å²) in [6.07, 6.45) is 9.10. The first-order chi connectivity index (χ1) is 14.6. The van der Waals surface area contributed by atoms with Gasteiger partial charge in [0.15, 0.2) is 16.6 Å².